The Morgan fingerprint density at radius 3 is 2.26 bits per heavy atom. The average Bonchev–Trinajstić information content (AvgIpc) is 3.18. The summed E-state index contributed by atoms with van der Waals surface area (Å²) in [4.78, 5) is 27.7. The quantitative estimate of drug-likeness (QED) is 0.263. The Hall–Kier alpha value is -4.11. The smallest absolute Gasteiger partial charge is 0.269 e. The lowest BCUT2D eigenvalue weighted by atomic mass is 10.2. The molecule has 0 aromatic heterocycles. The van der Waals surface area contributed by atoms with E-state index in [1.165, 1.54) is 23.9 Å². The van der Waals surface area contributed by atoms with Gasteiger partial charge >= 0.3 is 0 Å². The lowest BCUT2D eigenvalue weighted by Gasteiger charge is -2.06. The molecule has 1 amide bonds. The van der Waals surface area contributed by atoms with Gasteiger partial charge in [0.15, 0.2) is 5.17 Å². The molecule has 1 aliphatic rings. The normalized spacial score (nSPS) is 15.4. The van der Waals surface area contributed by atoms with Crippen LogP contribution in [0.2, 0.25) is 0 Å². The number of carbonyl (C=O) groups is 1. The monoisotopic (exact) mass is 475 g/mol. The molecule has 172 valence electrons. The molecule has 0 saturated carbocycles. The van der Waals surface area contributed by atoms with Gasteiger partial charge in [0.1, 0.15) is 18.1 Å². The zero-order valence-electron chi connectivity index (χ0n) is 18.3. The van der Waals surface area contributed by atoms with Crippen LogP contribution in [0.15, 0.2) is 82.7 Å². The summed E-state index contributed by atoms with van der Waals surface area (Å²) >= 11 is 1.28. The van der Waals surface area contributed by atoms with E-state index in [1.54, 1.807) is 18.2 Å². The Kier molecular flexibility index (Phi) is 7.24. The molecule has 3 aromatic rings. The van der Waals surface area contributed by atoms with E-state index in [2.05, 4.69) is 10.3 Å². The number of thioether (sulfide) groups is 1. The predicted molar refractivity (Wildman–Crippen MR) is 132 cm³/mol. The highest BCUT2D eigenvalue weighted by atomic mass is 32.2. The van der Waals surface area contributed by atoms with Crippen molar-refractivity contribution >= 4 is 40.3 Å². The molecule has 9 heteroatoms. The minimum absolute atomic E-state index is 0.0441. The standard InChI is InChI=1S/C25H21N3O5S/c1-2-32-21-13-7-19(8-14-21)26-25-27-24(29)23(34-25)15-17-5-11-22(12-6-17)33-16-18-3-9-20(10-4-18)28(30)31/h3-15H,2,16H2,1H3,(H,26,27,29)/b23-15-. The molecule has 0 radical (unpaired) electrons. The molecule has 1 N–H and O–H groups in total. The Balaban J connectivity index is 1.36. The second kappa shape index (κ2) is 10.7. The van der Waals surface area contributed by atoms with Gasteiger partial charge in [0.25, 0.3) is 11.6 Å². The highest BCUT2D eigenvalue weighted by Gasteiger charge is 2.23. The summed E-state index contributed by atoms with van der Waals surface area (Å²) in [5.74, 6) is 1.23. The van der Waals surface area contributed by atoms with Gasteiger partial charge in [0.05, 0.1) is 22.1 Å². The van der Waals surface area contributed by atoms with Crippen LogP contribution < -0.4 is 14.8 Å². The van der Waals surface area contributed by atoms with E-state index in [0.29, 0.717) is 29.0 Å². The third-order valence-corrected chi connectivity index (χ3v) is 5.67. The van der Waals surface area contributed by atoms with Crippen molar-refractivity contribution in [1.29, 1.82) is 0 Å². The molecular formula is C25H21N3O5S. The molecule has 34 heavy (non-hydrogen) atoms. The lowest BCUT2D eigenvalue weighted by molar-refractivity contribution is -0.384. The minimum Gasteiger partial charge on any atom is -0.494 e. The molecule has 0 atom stereocenters. The fourth-order valence-electron chi connectivity index (χ4n) is 3.07. The lowest BCUT2D eigenvalue weighted by Crippen LogP contribution is -2.19. The van der Waals surface area contributed by atoms with E-state index in [-0.39, 0.29) is 11.6 Å². The van der Waals surface area contributed by atoms with Crippen molar-refractivity contribution in [3.05, 3.63) is 98.9 Å². The second-order valence-electron chi connectivity index (χ2n) is 7.19. The van der Waals surface area contributed by atoms with Crippen LogP contribution in [-0.2, 0) is 11.4 Å². The number of nitro benzene ring substituents is 1. The number of aliphatic imine (C=N–C) groups is 1. The first-order valence-electron chi connectivity index (χ1n) is 10.5. The third kappa shape index (κ3) is 6.02. The summed E-state index contributed by atoms with van der Waals surface area (Å²) in [5, 5.41) is 14.0. The fourth-order valence-corrected chi connectivity index (χ4v) is 3.92. The number of hydrogen-bond acceptors (Lipinski definition) is 7. The number of non-ortho nitro benzene ring substituents is 1. The number of nitro groups is 1. The van der Waals surface area contributed by atoms with Crippen molar-refractivity contribution in [2.45, 2.75) is 13.5 Å². The van der Waals surface area contributed by atoms with Crippen molar-refractivity contribution in [3.8, 4) is 11.5 Å². The Morgan fingerprint density at radius 1 is 0.971 bits per heavy atom. The summed E-state index contributed by atoms with van der Waals surface area (Å²) < 4.78 is 11.2. The van der Waals surface area contributed by atoms with Gasteiger partial charge in [-0.2, -0.15) is 0 Å². The maximum atomic E-state index is 12.3. The van der Waals surface area contributed by atoms with Crippen LogP contribution in [0, 0.1) is 10.1 Å². The summed E-state index contributed by atoms with van der Waals surface area (Å²) in [6.45, 7) is 2.82. The number of nitrogens with zero attached hydrogens (tertiary/aromatic N) is 2. The van der Waals surface area contributed by atoms with Gasteiger partial charge in [-0.05, 0) is 84.4 Å². The fraction of sp³-hybridized carbons (Fsp3) is 0.120. The summed E-state index contributed by atoms with van der Waals surface area (Å²) in [6.07, 6.45) is 1.79. The van der Waals surface area contributed by atoms with Crippen molar-refractivity contribution in [1.82, 2.24) is 5.32 Å². The van der Waals surface area contributed by atoms with Gasteiger partial charge in [-0.3, -0.25) is 14.9 Å². The van der Waals surface area contributed by atoms with E-state index < -0.39 is 4.92 Å². The van der Waals surface area contributed by atoms with Gasteiger partial charge < -0.3 is 14.8 Å². The highest BCUT2D eigenvalue weighted by Crippen LogP contribution is 2.29. The van der Waals surface area contributed by atoms with Crippen molar-refractivity contribution < 1.29 is 19.2 Å². The summed E-state index contributed by atoms with van der Waals surface area (Å²) in [6, 6.07) is 20.9. The van der Waals surface area contributed by atoms with Gasteiger partial charge in [-0.1, -0.05) is 12.1 Å². The van der Waals surface area contributed by atoms with E-state index >= 15 is 0 Å². The number of amides is 1. The third-order valence-electron chi connectivity index (χ3n) is 4.76. The largest absolute Gasteiger partial charge is 0.494 e. The van der Waals surface area contributed by atoms with Gasteiger partial charge in [-0.25, -0.2) is 4.99 Å². The van der Waals surface area contributed by atoms with Crippen LogP contribution in [-0.4, -0.2) is 22.6 Å². The minimum atomic E-state index is -0.435. The van der Waals surface area contributed by atoms with Crippen molar-refractivity contribution in [2.75, 3.05) is 6.61 Å². The molecule has 1 fully saturated rings. The number of ether oxygens (including phenoxy) is 2. The number of rotatable bonds is 8. The molecule has 1 heterocycles. The second-order valence-corrected chi connectivity index (χ2v) is 8.22. The van der Waals surface area contributed by atoms with Gasteiger partial charge in [-0.15, -0.1) is 0 Å². The predicted octanol–water partition coefficient (Wildman–Crippen LogP) is 5.46. The van der Waals surface area contributed by atoms with Gasteiger partial charge in [0.2, 0.25) is 0 Å². The number of nitrogens with one attached hydrogen (secondary N) is 1. The Bertz CT molecular complexity index is 1240. The van der Waals surface area contributed by atoms with Crippen molar-refractivity contribution in [3.63, 3.8) is 0 Å². The SMILES string of the molecule is CCOc1ccc(N=C2NC(=O)/C(=C/c3ccc(OCc4ccc([N+](=O)[O-])cc4)cc3)S2)cc1. The molecule has 8 nitrogen and oxygen atoms in total. The summed E-state index contributed by atoms with van der Waals surface area (Å²) in [5.41, 5.74) is 2.45. The van der Waals surface area contributed by atoms with Crippen LogP contribution in [0.25, 0.3) is 6.08 Å². The molecular weight excluding hydrogens is 454 g/mol. The van der Waals surface area contributed by atoms with Crippen LogP contribution >= 0.6 is 11.8 Å². The zero-order chi connectivity index (χ0) is 23.9. The van der Waals surface area contributed by atoms with Crippen LogP contribution in [0.1, 0.15) is 18.1 Å². The number of hydrogen-bond donors (Lipinski definition) is 1. The van der Waals surface area contributed by atoms with E-state index in [9.17, 15) is 14.9 Å². The molecule has 0 unspecified atom stereocenters. The van der Waals surface area contributed by atoms with Crippen molar-refractivity contribution in [2.24, 2.45) is 4.99 Å². The number of amidine groups is 1. The van der Waals surface area contributed by atoms with Crippen LogP contribution in [0.3, 0.4) is 0 Å². The Labute approximate surface area is 200 Å². The molecule has 0 aliphatic carbocycles. The first-order chi connectivity index (χ1) is 16.5. The molecule has 0 spiro atoms. The Morgan fingerprint density at radius 2 is 1.62 bits per heavy atom. The van der Waals surface area contributed by atoms with E-state index in [4.69, 9.17) is 9.47 Å². The molecule has 1 aliphatic heterocycles. The van der Waals surface area contributed by atoms with E-state index in [0.717, 1.165) is 22.6 Å². The van der Waals surface area contributed by atoms with E-state index in [1.807, 2.05) is 55.5 Å². The highest BCUT2D eigenvalue weighted by molar-refractivity contribution is 8.18. The molecule has 0 bridgehead atoms. The average molecular weight is 476 g/mol. The number of benzene rings is 3. The topological polar surface area (TPSA) is 103 Å². The van der Waals surface area contributed by atoms with Gasteiger partial charge in [0, 0.05) is 12.1 Å². The maximum absolute atomic E-state index is 12.3. The maximum Gasteiger partial charge on any atom is 0.269 e. The number of carbonyl (C=O) groups excluding carboxylic acids is 1. The summed E-state index contributed by atoms with van der Waals surface area (Å²) in [7, 11) is 0. The zero-order valence-corrected chi connectivity index (χ0v) is 19.1. The molecule has 4 rings (SSSR count). The first kappa shape index (κ1) is 23.1. The first-order valence-corrected chi connectivity index (χ1v) is 11.3. The van der Waals surface area contributed by atoms with Crippen LogP contribution in [0.5, 0.6) is 11.5 Å². The molecule has 3 aromatic carbocycles. The molecule has 1 saturated heterocycles. The van der Waals surface area contributed by atoms with Crippen LogP contribution in [0.4, 0.5) is 11.4 Å².